The van der Waals surface area contributed by atoms with Crippen molar-refractivity contribution in [2.75, 3.05) is 0 Å². The summed E-state index contributed by atoms with van der Waals surface area (Å²) in [5.41, 5.74) is 1.12. The molecule has 0 aliphatic heterocycles. The van der Waals surface area contributed by atoms with Crippen molar-refractivity contribution in [3.8, 4) is 0 Å². The molecular weight excluding hydrogens is 128 g/mol. The fraction of sp³-hybridized carbons (Fsp3) is 0. The molecule has 0 radical (unpaired) electrons. The highest BCUT2D eigenvalue weighted by Gasteiger charge is 2.02. The summed E-state index contributed by atoms with van der Waals surface area (Å²) < 4.78 is 0. The number of aromatic carboxylic acids is 1. The van der Waals surface area contributed by atoms with Gasteiger partial charge in [-0.25, -0.2) is 4.79 Å². The van der Waals surface area contributed by atoms with Crippen molar-refractivity contribution in [2.45, 2.75) is 0 Å². The van der Waals surface area contributed by atoms with Gasteiger partial charge in [0.2, 0.25) is 0 Å². The van der Waals surface area contributed by atoms with Crippen molar-refractivity contribution in [1.82, 2.24) is 0 Å². The van der Waals surface area contributed by atoms with Crippen molar-refractivity contribution in [1.29, 1.82) is 0 Å². The predicted molar refractivity (Wildman–Crippen MR) is 37.9 cm³/mol. The van der Waals surface area contributed by atoms with Gasteiger partial charge in [0.05, 0.1) is 5.56 Å². The van der Waals surface area contributed by atoms with Crippen LogP contribution < -0.4 is 0 Å². The van der Waals surface area contributed by atoms with Crippen LogP contribution in [0.25, 0.3) is 0 Å². The molecule has 0 spiro atoms. The van der Waals surface area contributed by atoms with Gasteiger partial charge < -0.3 is 5.11 Å². The highest BCUT2D eigenvalue weighted by atomic mass is 16.4. The van der Waals surface area contributed by atoms with Gasteiger partial charge in [-0.05, 0) is 0 Å². The largest absolute Gasteiger partial charge is 0.478 e. The molecule has 0 heterocycles. The molecule has 0 atom stereocenters. The summed E-state index contributed by atoms with van der Waals surface area (Å²) in [6.45, 7) is 3.63. The van der Waals surface area contributed by atoms with Gasteiger partial charge in [-0.15, -0.1) is 0 Å². The molecule has 2 heteroatoms. The summed E-state index contributed by atoms with van der Waals surface area (Å²) in [7, 11) is 0. The third kappa shape index (κ3) is 1.29. The highest BCUT2D eigenvalue weighted by Crippen LogP contribution is 2.01. The molecule has 0 bridgehead atoms. The number of hydrogen-bond acceptors (Lipinski definition) is 1. The average molecular weight is 135 g/mol. The zero-order valence-corrected chi connectivity index (χ0v) is 5.37. The Morgan fingerprint density at radius 1 is 1.30 bits per heavy atom. The number of rotatable bonds is 1. The van der Waals surface area contributed by atoms with E-state index in [2.05, 4.69) is 6.92 Å². The van der Waals surface area contributed by atoms with Crippen molar-refractivity contribution in [2.24, 2.45) is 0 Å². The summed E-state index contributed by atoms with van der Waals surface area (Å²) in [6, 6.07) is 6.40. The molecule has 0 aliphatic rings. The first-order valence-corrected chi connectivity index (χ1v) is 2.85. The summed E-state index contributed by atoms with van der Waals surface area (Å²) >= 11 is 0. The van der Waals surface area contributed by atoms with Crippen LogP contribution in [0.4, 0.5) is 0 Å². The molecule has 0 aliphatic carbocycles. The first-order chi connectivity index (χ1) is 4.70. The van der Waals surface area contributed by atoms with E-state index >= 15 is 0 Å². The minimum atomic E-state index is -0.903. The zero-order valence-electron chi connectivity index (χ0n) is 5.37. The second-order valence-electron chi connectivity index (χ2n) is 2.00. The van der Waals surface area contributed by atoms with Crippen LogP contribution in [0, 0.1) is 6.92 Å². The van der Waals surface area contributed by atoms with E-state index in [4.69, 9.17) is 5.11 Å². The van der Waals surface area contributed by atoms with Crippen molar-refractivity contribution < 1.29 is 9.90 Å². The van der Waals surface area contributed by atoms with Gasteiger partial charge in [0.25, 0.3) is 0 Å². The molecular formula is C8H7O2+. The van der Waals surface area contributed by atoms with E-state index in [1.807, 2.05) is 0 Å². The second kappa shape index (κ2) is 2.43. The lowest BCUT2D eigenvalue weighted by Crippen LogP contribution is -1.94. The van der Waals surface area contributed by atoms with Crippen LogP contribution in [0.15, 0.2) is 24.3 Å². The van der Waals surface area contributed by atoms with Gasteiger partial charge in [0.15, 0.2) is 0 Å². The fourth-order valence-corrected chi connectivity index (χ4v) is 0.647. The Kier molecular flexibility index (Phi) is 1.63. The minimum Gasteiger partial charge on any atom is -0.478 e. The van der Waals surface area contributed by atoms with Crippen LogP contribution in [0.1, 0.15) is 15.9 Å². The Morgan fingerprint density at radius 3 is 2.20 bits per heavy atom. The zero-order chi connectivity index (χ0) is 7.56. The number of benzene rings is 1. The van der Waals surface area contributed by atoms with Crippen LogP contribution >= 0.6 is 0 Å². The Bertz CT molecular complexity index is 236. The molecule has 2 nitrogen and oxygen atoms in total. The number of carboxylic acids is 1. The molecule has 10 heavy (non-hydrogen) atoms. The van der Waals surface area contributed by atoms with Gasteiger partial charge in [-0.2, -0.15) is 0 Å². The highest BCUT2D eigenvalue weighted by molar-refractivity contribution is 5.87. The lowest BCUT2D eigenvalue weighted by molar-refractivity contribution is 0.0697. The molecule has 1 N–H and O–H groups in total. The summed E-state index contributed by atoms with van der Waals surface area (Å²) in [5.74, 6) is -0.903. The van der Waals surface area contributed by atoms with Crippen molar-refractivity contribution in [3.63, 3.8) is 0 Å². The third-order valence-corrected chi connectivity index (χ3v) is 1.20. The molecule has 0 saturated heterocycles. The molecule has 0 saturated carbocycles. The molecule has 0 fully saturated rings. The number of carbonyl (C=O) groups is 1. The number of hydrogen-bond donors (Lipinski definition) is 1. The topological polar surface area (TPSA) is 37.3 Å². The van der Waals surface area contributed by atoms with Gasteiger partial charge >= 0.3 is 5.97 Å². The summed E-state index contributed by atoms with van der Waals surface area (Å²) in [6.07, 6.45) is 0. The molecule has 1 rings (SSSR count). The maximum absolute atomic E-state index is 10.3. The lowest BCUT2D eigenvalue weighted by atomic mass is 10.2. The van der Waals surface area contributed by atoms with E-state index in [9.17, 15) is 4.79 Å². The Hall–Kier alpha value is -1.44. The summed E-state index contributed by atoms with van der Waals surface area (Å²) in [4.78, 5) is 10.3. The quantitative estimate of drug-likeness (QED) is 0.593. The Morgan fingerprint density at radius 2 is 1.80 bits per heavy atom. The molecule has 0 aromatic heterocycles. The standard InChI is InChI=1S/C8H6O2/c1-6-2-4-7(5-3-6)8(9)10/h2-5H,1H2/p+1. The molecule has 0 unspecified atom stereocenters. The molecule has 0 amide bonds. The van der Waals surface area contributed by atoms with Crippen LogP contribution in [-0.4, -0.2) is 11.1 Å². The van der Waals surface area contributed by atoms with Crippen LogP contribution in [0.2, 0.25) is 0 Å². The smallest absolute Gasteiger partial charge is 0.338 e. The van der Waals surface area contributed by atoms with E-state index in [0.717, 1.165) is 5.56 Å². The molecule has 1 aromatic carbocycles. The van der Waals surface area contributed by atoms with Gasteiger partial charge in [0, 0.05) is 31.2 Å². The minimum absolute atomic E-state index is 0.299. The number of carboxylic acid groups (broad SMARTS) is 1. The van der Waals surface area contributed by atoms with Crippen LogP contribution in [0.5, 0.6) is 0 Å². The average Bonchev–Trinajstić information content (AvgIpc) is 1.88. The van der Waals surface area contributed by atoms with Crippen LogP contribution in [-0.2, 0) is 0 Å². The maximum atomic E-state index is 10.3. The Labute approximate surface area is 59.1 Å². The van der Waals surface area contributed by atoms with Crippen molar-refractivity contribution >= 4 is 5.97 Å². The predicted octanol–water partition coefficient (Wildman–Crippen LogP) is 1.57. The maximum Gasteiger partial charge on any atom is 0.338 e. The van der Waals surface area contributed by atoms with Crippen molar-refractivity contribution in [3.05, 3.63) is 42.3 Å². The van der Waals surface area contributed by atoms with Gasteiger partial charge in [-0.3, -0.25) is 0 Å². The third-order valence-electron chi connectivity index (χ3n) is 1.20. The van der Waals surface area contributed by atoms with E-state index in [0.29, 0.717) is 5.56 Å². The summed E-state index contributed by atoms with van der Waals surface area (Å²) in [5, 5.41) is 8.46. The fourth-order valence-electron chi connectivity index (χ4n) is 0.647. The van der Waals surface area contributed by atoms with E-state index in [1.54, 1.807) is 12.1 Å². The molecule has 50 valence electrons. The van der Waals surface area contributed by atoms with E-state index in [-0.39, 0.29) is 0 Å². The van der Waals surface area contributed by atoms with E-state index in [1.165, 1.54) is 12.1 Å². The normalized spacial score (nSPS) is 9.20. The molecule has 1 aromatic rings. The van der Waals surface area contributed by atoms with Gasteiger partial charge in [0.1, 0.15) is 5.56 Å². The SMILES string of the molecule is [CH2+]c1ccc(C(=O)O)cc1. The monoisotopic (exact) mass is 135 g/mol. The Balaban J connectivity index is 3.00. The first kappa shape index (κ1) is 6.68. The lowest BCUT2D eigenvalue weighted by Gasteiger charge is -1.87. The van der Waals surface area contributed by atoms with Gasteiger partial charge in [-0.1, -0.05) is 0 Å². The van der Waals surface area contributed by atoms with Crippen LogP contribution in [0.3, 0.4) is 0 Å². The first-order valence-electron chi connectivity index (χ1n) is 2.85. The van der Waals surface area contributed by atoms with E-state index < -0.39 is 5.97 Å². The second-order valence-corrected chi connectivity index (χ2v) is 2.00.